The van der Waals surface area contributed by atoms with Crippen molar-refractivity contribution < 1.29 is 15.1 Å². The molecule has 0 aromatic heterocycles. The zero-order valence-electron chi connectivity index (χ0n) is 4.92. The third-order valence-electron chi connectivity index (χ3n) is 0.841. The van der Waals surface area contributed by atoms with Crippen molar-refractivity contribution >= 4 is 5.97 Å². The Labute approximate surface area is 52.8 Å². The first-order chi connectivity index (χ1) is 4.18. The van der Waals surface area contributed by atoms with Gasteiger partial charge in [0.15, 0.2) is 0 Å². The van der Waals surface area contributed by atoms with Crippen molar-refractivity contribution in [2.24, 2.45) is 0 Å². The Hall–Kier alpha value is -0.870. The number of carboxylic acids is 1. The van der Waals surface area contributed by atoms with Gasteiger partial charge in [0.05, 0.1) is 0 Å². The van der Waals surface area contributed by atoms with Crippen LogP contribution in [0.2, 0.25) is 0 Å². The van der Waals surface area contributed by atoms with Crippen LogP contribution in [0.3, 0.4) is 0 Å². The van der Waals surface area contributed by atoms with E-state index in [1.165, 1.54) is 0 Å². The number of rotatable bonds is 4. The van der Waals surface area contributed by atoms with Gasteiger partial charge in [-0.3, -0.25) is 0 Å². The predicted molar refractivity (Wildman–Crippen MR) is 31.2 cm³/mol. The summed E-state index contributed by atoms with van der Waals surface area (Å²) in [7, 11) is 0. The summed E-state index contributed by atoms with van der Waals surface area (Å²) < 4.78 is 0. The molecule has 0 aromatic rings. The molecule has 0 rings (SSSR count). The quantitative estimate of drug-likeness (QED) is 0.371. The molecular weight excluding hydrogens is 122 g/mol. The summed E-state index contributed by atoms with van der Waals surface area (Å²) in [5, 5.41) is 16.2. The van der Waals surface area contributed by atoms with Crippen molar-refractivity contribution in [2.75, 3.05) is 6.54 Å². The summed E-state index contributed by atoms with van der Waals surface area (Å²) in [5.41, 5.74) is 1.92. The zero-order chi connectivity index (χ0) is 7.28. The fourth-order valence-electron chi connectivity index (χ4n) is 0.314. The smallest absolute Gasteiger partial charge is 0.331 e. The van der Waals surface area contributed by atoms with Crippen molar-refractivity contribution in [2.45, 2.75) is 6.42 Å². The van der Waals surface area contributed by atoms with Gasteiger partial charge in [-0.05, 0) is 6.42 Å². The van der Waals surface area contributed by atoms with E-state index in [1.54, 1.807) is 0 Å². The van der Waals surface area contributed by atoms with Crippen LogP contribution in [0.25, 0.3) is 0 Å². The number of hydrogen-bond acceptors (Lipinski definition) is 3. The minimum Gasteiger partial charge on any atom is -0.478 e. The lowest BCUT2D eigenvalue weighted by molar-refractivity contribution is -0.132. The maximum Gasteiger partial charge on any atom is 0.331 e. The number of nitrogens with one attached hydrogen (secondary N) is 1. The minimum absolute atomic E-state index is 0.0940. The van der Waals surface area contributed by atoms with Crippen molar-refractivity contribution in [3.63, 3.8) is 0 Å². The second kappa shape index (κ2) is 4.05. The van der Waals surface area contributed by atoms with E-state index in [0.29, 0.717) is 0 Å². The molecule has 0 fully saturated rings. The summed E-state index contributed by atoms with van der Waals surface area (Å²) in [6, 6.07) is 0. The lowest BCUT2D eigenvalue weighted by Crippen LogP contribution is -2.11. The largest absolute Gasteiger partial charge is 0.478 e. The molecule has 9 heavy (non-hydrogen) atoms. The molecule has 0 aliphatic carbocycles. The summed E-state index contributed by atoms with van der Waals surface area (Å²) >= 11 is 0. The fraction of sp³-hybridized carbons (Fsp3) is 0.400. The average molecular weight is 131 g/mol. The Balaban J connectivity index is 3.39. The molecule has 4 heteroatoms. The van der Waals surface area contributed by atoms with Gasteiger partial charge in [0.1, 0.15) is 0 Å². The Morgan fingerprint density at radius 2 is 2.22 bits per heavy atom. The minimum atomic E-state index is -1.02. The van der Waals surface area contributed by atoms with Gasteiger partial charge < -0.3 is 10.3 Å². The summed E-state index contributed by atoms with van der Waals surface area (Å²) in [4.78, 5) is 10.00. The average Bonchev–Trinajstić information content (AvgIpc) is 1.82. The van der Waals surface area contributed by atoms with Gasteiger partial charge in [0, 0.05) is 12.1 Å². The first kappa shape index (κ1) is 8.13. The predicted octanol–water partition coefficient (Wildman–Crippen LogP) is -0.00390. The number of hydrogen-bond donors (Lipinski definition) is 3. The maximum atomic E-state index is 10.00. The van der Waals surface area contributed by atoms with Crippen LogP contribution in [0.5, 0.6) is 0 Å². The molecule has 0 bridgehead atoms. The first-order valence-corrected chi connectivity index (χ1v) is 2.46. The summed E-state index contributed by atoms with van der Waals surface area (Å²) in [5.74, 6) is -1.02. The number of carbonyl (C=O) groups is 1. The summed E-state index contributed by atoms with van der Waals surface area (Å²) in [6.07, 6.45) is 0.256. The van der Waals surface area contributed by atoms with Crippen LogP contribution in [0.15, 0.2) is 12.2 Å². The molecule has 0 heterocycles. The number of aliphatic carboxylic acids is 1. The van der Waals surface area contributed by atoms with Gasteiger partial charge in [0.2, 0.25) is 0 Å². The highest BCUT2D eigenvalue weighted by Crippen LogP contribution is 1.94. The van der Waals surface area contributed by atoms with Crippen LogP contribution >= 0.6 is 0 Å². The lowest BCUT2D eigenvalue weighted by atomic mass is 10.2. The van der Waals surface area contributed by atoms with E-state index in [-0.39, 0.29) is 18.5 Å². The van der Waals surface area contributed by atoms with Crippen LogP contribution in [0, 0.1) is 0 Å². The normalized spacial score (nSPS) is 9.00. The molecule has 4 nitrogen and oxygen atoms in total. The molecule has 0 atom stereocenters. The molecule has 0 aliphatic rings. The summed E-state index contributed by atoms with van der Waals surface area (Å²) in [6.45, 7) is 3.47. The van der Waals surface area contributed by atoms with Crippen LogP contribution in [-0.2, 0) is 4.79 Å². The fourth-order valence-corrected chi connectivity index (χ4v) is 0.314. The van der Waals surface area contributed by atoms with Gasteiger partial charge in [-0.25, -0.2) is 10.3 Å². The number of carboxylic acid groups (broad SMARTS) is 1. The Morgan fingerprint density at radius 1 is 1.67 bits per heavy atom. The number of hydroxylamine groups is 1. The molecule has 52 valence electrons. The second-order valence-electron chi connectivity index (χ2n) is 1.57. The van der Waals surface area contributed by atoms with Crippen LogP contribution < -0.4 is 5.48 Å². The van der Waals surface area contributed by atoms with E-state index < -0.39 is 5.97 Å². The zero-order valence-corrected chi connectivity index (χ0v) is 4.92. The lowest BCUT2D eigenvalue weighted by Gasteiger charge is -1.95. The third-order valence-corrected chi connectivity index (χ3v) is 0.841. The second-order valence-corrected chi connectivity index (χ2v) is 1.57. The van der Waals surface area contributed by atoms with Crippen molar-refractivity contribution in [1.29, 1.82) is 0 Å². The van der Waals surface area contributed by atoms with Gasteiger partial charge in [-0.1, -0.05) is 6.58 Å². The molecule has 0 saturated carbocycles. The highest BCUT2D eigenvalue weighted by Gasteiger charge is 2.00. The van der Waals surface area contributed by atoms with Crippen LogP contribution in [0.1, 0.15) is 6.42 Å². The van der Waals surface area contributed by atoms with E-state index in [9.17, 15) is 4.79 Å². The third kappa shape index (κ3) is 3.69. The molecule has 0 radical (unpaired) electrons. The Kier molecular flexibility index (Phi) is 3.66. The van der Waals surface area contributed by atoms with E-state index in [4.69, 9.17) is 10.3 Å². The molecule has 0 aliphatic heterocycles. The molecule has 0 saturated heterocycles. The highest BCUT2D eigenvalue weighted by molar-refractivity contribution is 5.85. The molecular formula is C5H9NO3. The van der Waals surface area contributed by atoms with E-state index >= 15 is 0 Å². The highest BCUT2D eigenvalue weighted by atomic mass is 16.5. The van der Waals surface area contributed by atoms with Gasteiger partial charge >= 0.3 is 5.97 Å². The van der Waals surface area contributed by atoms with Crippen molar-refractivity contribution in [3.05, 3.63) is 12.2 Å². The van der Waals surface area contributed by atoms with E-state index in [2.05, 4.69) is 6.58 Å². The monoisotopic (exact) mass is 131 g/mol. The van der Waals surface area contributed by atoms with Crippen molar-refractivity contribution in [1.82, 2.24) is 5.48 Å². The van der Waals surface area contributed by atoms with Gasteiger partial charge in [-0.15, -0.1) is 0 Å². The topological polar surface area (TPSA) is 69.6 Å². The van der Waals surface area contributed by atoms with Gasteiger partial charge in [-0.2, -0.15) is 0 Å². The first-order valence-electron chi connectivity index (χ1n) is 2.46. The van der Waals surface area contributed by atoms with Crippen LogP contribution in [0.4, 0.5) is 0 Å². The Bertz CT molecular complexity index is 121. The maximum absolute atomic E-state index is 10.00. The standard InChI is InChI=1S/C5H9NO3/c1-4(5(7)8)2-3-6-9/h6,9H,1-3H2,(H,7,8). The SMILES string of the molecule is C=C(CCNO)C(=O)O. The molecule has 3 N–H and O–H groups in total. The Morgan fingerprint density at radius 3 is 2.56 bits per heavy atom. The molecule has 0 aromatic carbocycles. The van der Waals surface area contributed by atoms with Gasteiger partial charge in [0.25, 0.3) is 0 Å². The van der Waals surface area contributed by atoms with Crippen LogP contribution in [-0.4, -0.2) is 22.8 Å². The van der Waals surface area contributed by atoms with E-state index in [0.717, 1.165) is 0 Å². The van der Waals surface area contributed by atoms with Crippen molar-refractivity contribution in [3.8, 4) is 0 Å². The molecule has 0 unspecified atom stereocenters. The van der Waals surface area contributed by atoms with E-state index in [1.807, 2.05) is 5.48 Å². The molecule has 0 spiro atoms. The molecule has 0 amide bonds.